The lowest BCUT2D eigenvalue weighted by atomic mass is 10.0. The maximum absolute atomic E-state index is 13.6. The molecule has 0 N–H and O–H groups in total. The Morgan fingerprint density at radius 1 is 0.941 bits per heavy atom. The van der Waals surface area contributed by atoms with Gasteiger partial charge < -0.3 is 14.0 Å². The van der Waals surface area contributed by atoms with Gasteiger partial charge in [-0.25, -0.2) is 0 Å². The highest BCUT2D eigenvalue weighted by Gasteiger charge is 2.30. The Morgan fingerprint density at radius 3 is 2.29 bits per heavy atom. The monoisotopic (exact) mass is 471 g/mol. The molecule has 0 spiro atoms. The molecule has 0 aliphatic carbocycles. The lowest BCUT2D eigenvalue weighted by Gasteiger charge is -2.25. The zero-order valence-electron chi connectivity index (χ0n) is 19.3. The molecule has 2 heterocycles. The van der Waals surface area contributed by atoms with Gasteiger partial charge in [-0.3, -0.25) is 4.79 Å². The number of thioether (sulfide) groups is 1. The van der Waals surface area contributed by atoms with Gasteiger partial charge in [0.1, 0.15) is 11.9 Å². The number of rotatable bonds is 6. The molecule has 5 rings (SSSR count). The van der Waals surface area contributed by atoms with E-state index in [4.69, 9.17) is 9.47 Å². The number of ketones is 1. The number of ether oxygens (including phenoxy) is 2. The molecule has 3 aromatic carbocycles. The fourth-order valence-corrected chi connectivity index (χ4v) is 4.93. The molecule has 0 saturated heterocycles. The molecule has 7 heteroatoms. The fourth-order valence-electron chi connectivity index (χ4n) is 3.84. The number of carbonyl (C=O) groups excluding carboxylic acids is 1. The van der Waals surface area contributed by atoms with Gasteiger partial charge in [0.25, 0.3) is 0 Å². The highest BCUT2D eigenvalue weighted by Crippen LogP contribution is 2.39. The molecule has 0 fully saturated rings. The van der Waals surface area contributed by atoms with Crippen LogP contribution in [0.3, 0.4) is 0 Å². The summed E-state index contributed by atoms with van der Waals surface area (Å²) in [5, 5.41) is 8.99. The molecule has 4 aromatic rings. The van der Waals surface area contributed by atoms with Crippen molar-refractivity contribution in [2.75, 3.05) is 6.61 Å². The van der Waals surface area contributed by atoms with Gasteiger partial charge in [-0.05, 0) is 31.5 Å². The zero-order valence-corrected chi connectivity index (χ0v) is 20.1. The Labute approximate surface area is 202 Å². The van der Waals surface area contributed by atoms with Crippen molar-refractivity contribution >= 4 is 17.5 Å². The molecule has 1 aliphatic heterocycles. The van der Waals surface area contributed by atoms with Crippen LogP contribution in [0.15, 0.2) is 78.0 Å². The van der Waals surface area contributed by atoms with Crippen molar-refractivity contribution in [2.24, 2.45) is 7.05 Å². The zero-order chi connectivity index (χ0) is 23.7. The van der Waals surface area contributed by atoms with Crippen molar-refractivity contribution < 1.29 is 14.3 Å². The number of nitrogens with zero attached hydrogens (tertiary/aromatic N) is 3. The Balaban J connectivity index is 1.44. The molecule has 0 amide bonds. The largest absolute Gasteiger partial charge is 0.485 e. The predicted octanol–water partition coefficient (Wildman–Crippen LogP) is 5.66. The second kappa shape index (κ2) is 9.35. The summed E-state index contributed by atoms with van der Waals surface area (Å²) in [4.78, 5) is 13.6. The van der Waals surface area contributed by atoms with Crippen molar-refractivity contribution in [3.63, 3.8) is 0 Å². The maximum Gasteiger partial charge on any atom is 0.192 e. The van der Waals surface area contributed by atoms with E-state index < -0.39 is 5.25 Å². The minimum absolute atomic E-state index is 0.0320. The van der Waals surface area contributed by atoms with Crippen molar-refractivity contribution in [3.05, 3.63) is 101 Å². The summed E-state index contributed by atoms with van der Waals surface area (Å²) in [7, 11) is 1.89. The third-order valence-corrected chi connectivity index (χ3v) is 7.13. The van der Waals surface area contributed by atoms with Gasteiger partial charge in [-0.1, -0.05) is 83.6 Å². The van der Waals surface area contributed by atoms with Crippen LogP contribution in [-0.2, 0) is 7.05 Å². The normalized spacial score (nSPS) is 15.7. The maximum atomic E-state index is 13.6. The van der Waals surface area contributed by atoms with E-state index in [9.17, 15) is 4.79 Å². The summed E-state index contributed by atoms with van der Waals surface area (Å²) in [6.07, 6.45) is -0.382. The van der Waals surface area contributed by atoms with Gasteiger partial charge in [0.15, 0.2) is 34.4 Å². The molecule has 0 radical (unpaired) electrons. The van der Waals surface area contributed by atoms with Gasteiger partial charge in [-0.2, -0.15) is 0 Å². The molecule has 0 saturated carbocycles. The van der Waals surface area contributed by atoms with E-state index in [-0.39, 0.29) is 11.9 Å². The SMILES string of the molecule is Cc1ccc(C(=O)C(Sc2nnc(C3COc4ccccc4O3)n2C)c2ccc(C)cc2)cc1. The second-order valence-electron chi connectivity index (χ2n) is 8.40. The topological polar surface area (TPSA) is 66.2 Å². The molecular weight excluding hydrogens is 446 g/mol. The Bertz CT molecular complexity index is 1320. The fraction of sp³-hybridized carbons (Fsp3) is 0.222. The summed E-state index contributed by atoms with van der Waals surface area (Å²) in [6.45, 7) is 4.39. The van der Waals surface area contributed by atoms with Crippen LogP contribution in [-0.4, -0.2) is 27.2 Å². The number of Topliss-reactive ketones (excluding diaryl/α,β-unsaturated/α-hetero) is 1. The van der Waals surface area contributed by atoms with Gasteiger partial charge in [-0.15, -0.1) is 10.2 Å². The quantitative estimate of drug-likeness (QED) is 0.267. The van der Waals surface area contributed by atoms with E-state index in [2.05, 4.69) is 10.2 Å². The Kier molecular flexibility index (Phi) is 6.11. The summed E-state index contributed by atoms with van der Waals surface area (Å²) < 4.78 is 13.9. The van der Waals surface area contributed by atoms with Gasteiger partial charge >= 0.3 is 0 Å². The van der Waals surface area contributed by atoms with Crippen LogP contribution in [0.5, 0.6) is 11.5 Å². The molecule has 0 bridgehead atoms. The molecule has 1 aliphatic rings. The average Bonchev–Trinajstić information content (AvgIpc) is 3.23. The molecule has 2 unspecified atom stereocenters. The first-order chi connectivity index (χ1) is 16.5. The van der Waals surface area contributed by atoms with Crippen LogP contribution in [0, 0.1) is 13.8 Å². The molecule has 172 valence electrons. The molecule has 2 atom stereocenters. The second-order valence-corrected chi connectivity index (χ2v) is 9.48. The van der Waals surface area contributed by atoms with E-state index >= 15 is 0 Å². The molecular formula is C27H25N3O3S. The lowest BCUT2D eigenvalue weighted by Crippen LogP contribution is -2.24. The Hall–Kier alpha value is -3.58. The summed E-state index contributed by atoms with van der Waals surface area (Å²) in [6, 6.07) is 23.3. The van der Waals surface area contributed by atoms with Crippen LogP contribution in [0.2, 0.25) is 0 Å². The molecule has 6 nitrogen and oxygen atoms in total. The third kappa shape index (κ3) is 4.43. The first-order valence-electron chi connectivity index (χ1n) is 11.1. The van der Waals surface area contributed by atoms with Crippen LogP contribution >= 0.6 is 11.8 Å². The number of hydrogen-bond acceptors (Lipinski definition) is 6. The van der Waals surface area contributed by atoms with Gasteiger partial charge in [0.2, 0.25) is 0 Å². The highest BCUT2D eigenvalue weighted by atomic mass is 32.2. The van der Waals surface area contributed by atoms with E-state index in [1.165, 1.54) is 11.8 Å². The first kappa shape index (κ1) is 22.2. The number of fused-ring (bicyclic) bond motifs is 1. The predicted molar refractivity (Wildman–Crippen MR) is 132 cm³/mol. The number of carbonyl (C=O) groups is 1. The van der Waals surface area contributed by atoms with Crippen LogP contribution in [0.25, 0.3) is 0 Å². The smallest absolute Gasteiger partial charge is 0.192 e. The van der Waals surface area contributed by atoms with Crippen LogP contribution in [0.1, 0.15) is 44.2 Å². The number of benzene rings is 3. The minimum atomic E-state index is -0.455. The highest BCUT2D eigenvalue weighted by molar-refractivity contribution is 8.00. The standard InChI is InChI=1S/C27H25N3O3S/c1-17-8-12-19(13-9-17)24(31)25(20-14-10-18(2)11-15-20)34-27-29-28-26(30(27)3)23-16-32-21-6-4-5-7-22(21)33-23/h4-15,23,25H,16H2,1-3H3. The minimum Gasteiger partial charge on any atom is -0.485 e. The van der Waals surface area contributed by atoms with Crippen molar-refractivity contribution in [1.82, 2.24) is 14.8 Å². The molecule has 34 heavy (non-hydrogen) atoms. The van der Waals surface area contributed by atoms with E-state index in [1.807, 2.05) is 98.3 Å². The van der Waals surface area contributed by atoms with Crippen LogP contribution in [0.4, 0.5) is 0 Å². The first-order valence-corrected chi connectivity index (χ1v) is 12.0. The lowest BCUT2D eigenvalue weighted by molar-refractivity contribution is 0.0825. The van der Waals surface area contributed by atoms with Gasteiger partial charge in [0.05, 0.1) is 0 Å². The van der Waals surface area contributed by atoms with E-state index in [1.54, 1.807) is 0 Å². The summed E-state index contributed by atoms with van der Waals surface area (Å²) in [5.74, 6) is 2.09. The molecule has 1 aromatic heterocycles. The van der Waals surface area contributed by atoms with E-state index in [0.29, 0.717) is 28.9 Å². The third-order valence-electron chi connectivity index (χ3n) is 5.84. The number of aryl methyl sites for hydroxylation is 2. The average molecular weight is 472 g/mol. The van der Waals surface area contributed by atoms with E-state index in [0.717, 1.165) is 22.4 Å². The van der Waals surface area contributed by atoms with Crippen LogP contribution < -0.4 is 9.47 Å². The Morgan fingerprint density at radius 2 is 1.59 bits per heavy atom. The van der Waals surface area contributed by atoms with Crippen molar-refractivity contribution in [3.8, 4) is 11.5 Å². The number of hydrogen-bond donors (Lipinski definition) is 0. The summed E-state index contributed by atoms with van der Waals surface area (Å²) in [5.41, 5.74) is 3.86. The van der Waals surface area contributed by atoms with Gasteiger partial charge in [0, 0.05) is 12.6 Å². The summed E-state index contributed by atoms with van der Waals surface area (Å²) >= 11 is 1.40. The number of aromatic nitrogens is 3. The number of para-hydroxylation sites is 2. The van der Waals surface area contributed by atoms with Crippen molar-refractivity contribution in [1.29, 1.82) is 0 Å². The van der Waals surface area contributed by atoms with Crippen molar-refractivity contribution in [2.45, 2.75) is 30.4 Å².